The summed E-state index contributed by atoms with van der Waals surface area (Å²) in [6.45, 7) is 1.63. The van der Waals surface area contributed by atoms with Crippen molar-refractivity contribution in [2.24, 2.45) is 0 Å². The molecule has 1 aromatic carbocycles. The summed E-state index contributed by atoms with van der Waals surface area (Å²) >= 11 is 0. The quantitative estimate of drug-likeness (QED) is 0.773. The van der Waals surface area contributed by atoms with Gasteiger partial charge < -0.3 is 4.90 Å². The Bertz CT molecular complexity index is 466. The Kier molecular flexibility index (Phi) is 3.56. The van der Waals surface area contributed by atoms with Crippen LogP contribution in [0.15, 0.2) is 24.3 Å². The first-order chi connectivity index (χ1) is 9.25. The van der Waals surface area contributed by atoms with E-state index in [2.05, 4.69) is 22.9 Å². The molecule has 1 aliphatic carbocycles. The topological polar surface area (TPSA) is 23.6 Å². The first kappa shape index (κ1) is 12.7. The van der Waals surface area contributed by atoms with Crippen LogP contribution in [0.5, 0.6) is 0 Å². The molecule has 0 unspecified atom stereocenters. The van der Waals surface area contributed by atoms with Crippen LogP contribution in [0.2, 0.25) is 0 Å². The van der Waals surface area contributed by atoms with Gasteiger partial charge in [-0.3, -0.25) is 9.69 Å². The van der Waals surface area contributed by atoms with E-state index in [9.17, 15) is 4.79 Å². The summed E-state index contributed by atoms with van der Waals surface area (Å²) in [6, 6.07) is 8.49. The molecule has 1 fully saturated rings. The molecule has 0 atom stereocenters. The van der Waals surface area contributed by atoms with Gasteiger partial charge in [-0.1, -0.05) is 37.5 Å². The van der Waals surface area contributed by atoms with E-state index in [1.165, 1.54) is 32.1 Å². The fraction of sp³-hybridized carbons (Fsp3) is 0.562. The Labute approximate surface area is 115 Å². The molecular weight excluding hydrogens is 236 g/mol. The number of amides is 1. The molecule has 1 heterocycles. The summed E-state index contributed by atoms with van der Waals surface area (Å²) in [5, 5.41) is 0. The molecule has 1 aromatic rings. The third-order valence-electron chi connectivity index (χ3n) is 4.36. The fourth-order valence-electron chi connectivity index (χ4n) is 3.36. The second kappa shape index (κ2) is 5.33. The number of rotatable bonds is 1. The molecule has 3 rings (SSSR count). The van der Waals surface area contributed by atoms with Gasteiger partial charge in [-0.25, -0.2) is 0 Å². The van der Waals surface area contributed by atoms with Gasteiger partial charge in [-0.05, 0) is 31.5 Å². The molecule has 3 nitrogen and oxygen atoms in total. The van der Waals surface area contributed by atoms with Gasteiger partial charge in [-0.15, -0.1) is 0 Å². The maximum absolute atomic E-state index is 12.8. The Morgan fingerprint density at radius 2 is 1.84 bits per heavy atom. The molecule has 19 heavy (non-hydrogen) atoms. The van der Waals surface area contributed by atoms with Crippen molar-refractivity contribution in [2.75, 3.05) is 13.7 Å². The van der Waals surface area contributed by atoms with Crippen LogP contribution in [0, 0.1) is 0 Å². The molecule has 0 spiro atoms. The van der Waals surface area contributed by atoms with Crippen LogP contribution in [0.4, 0.5) is 0 Å². The van der Waals surface area contributed by atoms with Crippen LogP contribution in [-0.4, -0.2) is 35.5 Å². The highest BCUT2D eigenvalue weighted by Crippen LogP contribution is 2.27. The van der Waals surface area contributed by atoms with E-state index in [4.69, 9.17) is 0 Å². The lowest BCUT2D eigenvalue weighted by Gasteiger charge is -2.35. The third kappa shape index (κ3) is 2.52. The summed E-state index contributed by atoms with van der Waals surface area (Å²) in [4.78, 5) is 17.1. The minimum absolute atomic E-state index is 0.229. The number of carbonyl (C=O) groups excluding carboxylic acids is 1. The number of carbonyl (C=O) groups is 1. The summed E-state index contributed by atoms with van der Waals surface area (Å²) in [5.74, 6) is 0.229. The van der Waals surface area contributed by atoms with Gasteiger partial charge in [0.05, 0.1) is 6.67 Å². The summed E-state index contributed by atoms with van der Waals surface area (Å²) in [7, 11) is 2.10. The fourth-order valence-corrected chi connectivity index (χ4v) is 3.36. The van der Waals surface area contributed by atoms with Crippen molar-refractivity contribution in [1.82, 2.24) is 9.80 Å². The molecule has 0 radical (unpaired) electrons. The zero-order chi connectivity index (χ0) is 13.2. The number of fused-ring (bicyclic) bond motifs is 1. The molecule has 3 heteroatoms. The average molecular weight is 258 g/mol. The van der Waals surface area contributed by atoms with Crippen LogP contribution in [-0.2, 0) is 6.54 Å². The van der Waals surface area contributed by atoms with Gasteiger partial charge in [0.25, 0.3) is 5.91 Å². The smallest absolute Gasteiger partial charge is 0.255 e. The largest absolute Gasteiger partial charge is 0.323 e. The summed E-state index contributed by atoms with van der Waals surface area (Å²) < 4.78 is 0. The van der Waals surface area contributed by atoms with E-state index >= 15 is 0 Å². The standard InChI is InChI=1S/C16H22N2O/c1-17-11-13-7-5-6-10-15(13)16(19)18(12-17)14-8-3-2-4-9-14/h5-7,10,14H,2-4,8-9,11-12H2,1H3. The number of nitrogens with zero attached hydrogens (tertiary/aromatic N) is 2. The SMILES string of the molecule is CN1Cc2ccccc2C(=O)N(C2CCCCC2)C1. The molecule has 2 aliphatic rings. The summed E-state index contributed by atoms with van der Waals surface area (Å²) in [5.41, 5.74) is 2.06. The molecule has 102 valence electrons. The van der Waals surface area contributed by atoms with Crippen molar-refractivity contribution < 1.29 is 4.79 Å². The van der Waals surface area contributed by atoms with E-state index in [1.807, 2.05) is 18.2 Å². The van der Waals surface area contributed by atoms with E-state index in [-0.39, 0.29) is 5.91 Å². The van der Waals surface area contributed by atoms with E-state index < -0.39 is 0 Å². The number of hydrogen-bond donors (Lipinski definition) is 0. The summed E-state index contributed by atoms with van der Waals surface area (Å²) in [6.07, 6.45) is 6.19. The highest BCUT2D eigenvalue weighted by atomic mass is 16.2. The van der Waals surface area contributed by atoms with Crippen molar-refractivity contribution in [1.29, 1.82) is 0 Å². The van der Waals surface area contributed by atoms with Crippen LogP contribution < -0.4 is 0 Å². The Hall–Kier alpha value is -1.35. The number of hydrogen-bond acceptors (Lipinski definition) is 2. The van der Waals surface area contributed by atoms with Gasteiger partial charge in [0, 0.05) is 18.2 Å². The molecule has 1 amide bonds. The first-order valence-corrected chi connectivity index (χ1v) is 7.33. The molecule has 0 N–H and O–H groups in total. The second-order valence-corrected chi connectivity index (χ2v) is 5.88. The molecule has 0 saturated heterocycles. The monoisotopic (exact) mass is 258 g/mol. The maximum atomic E-state index is 12.8. The third-order valence-corrected chi connectivity index (χ3v) is 4.36. The van der Waals surface area contributed by atoms with Gasteiger partial charge in [-0.2, -0.15) is 0 Å². The molecule has 0 bridgehead atoms. The van der Waals surface area contributed by atoms with Crippen molar-refractivity contribution >= 4 is 5.91 Å². The predicted molar refractivity (Wildman–Crippen MR) is 75.8 cm³/mol. The van der Waals surface area contributed by atoms with E-state index in [0.717, 1.165) is 24.3 Å². The van der Waals surface area contributed by atoms with E-state index in [0.29, 0.717) is 6.04 Å². The van der Waals surface area contributed by atoms with Crippen molar-refractivity contribution in [3.8, 4) is 0 Å². The normalized spacial score (nSPS) is 22.2. The minimum atomic E-state index is 0.229. The highest BCUT2D eigenvalue weighted by Gasteiger charge is 2.30. The molecule has 1 aliphatic heterocycles. The lowest BCUT2D eigenvalue weighted by atomic mass is 9.94. The van der Waals surface area contributed by atoms with Crippen LogP contribution >= 0.6 is 0 Å². The minimum Gasteiger partial charge on any atom is -0.323 e. The Balaban J connectivity index is 1.91. The van der Waals surface area contributed by atoms with Crippen molar-refractivity contribution in [3.63, 3.8) is 0 Å². The van der Waals surface area contributed by atoms with Gasteiger partial charge in [0.2, 0.25) is 0 Å². The van der Waals surface area contributed by atoms with Crippen molar-refractivity contribution in [2.45, 2.75) is 44.7 Å². The van der Waals surface area contributed by atoms with E-state index in [1.54, 1.807) is 0 Å². The van der Waals surface area contributed by atoms with Gasteiger partial charge >= 0.3 is 0 Å². The zero-order valence-electron chi connectivity index (χ0n) is 11.6. The lowest BCUT2D eigenvalue weighted by Crippen LogP contribution is -2.45. The first-order valence-electron chi connectivity index (χ1n) is 7.33. The molecule has 0 aromatic heterocycles. The lowest BCUT2D eigenvalue weighted by molar-refractivity contribution is 0.0504. The van der Waals surface area contributed by atoms with Gasteiger partial charge in [0.15, 0.2) is 0 Å². The zero-order valence-corrected chi connectivity index (χ0v) is 11.6. The number of benzene rings is 1. The Morgan fingerprint density at radius 3 is 2.63 bits per heavy atom. The van der Waals surface area contributed by atoms with Crippen LogP contribution in [0.1, 0.15) is 48.0 Å². The maximum Gasteiger partial charge on any atom is 0.255 e. The molecule has 1 saturated carbocycles. The van der Waals surface area contributed by atoms with Crippen LogP contribution in [0.25, 0.3) is 0 Å². The second-order valence-electron chi connectivity index (χ2n) is 5.88. The molecular formula is C16H22N2O. The Morgan fingerprint density at radius 1 is 1.11 bits per heavy atom. The van der Waals surface area contributed by atoms with Gasteiger partial charge in [0.1, 0.15) is 0 Å². The van der Waals surface area contributed by atoms with Crippen LogP contribution in [0.3, 0.4) is 0 Å². The predicted octanol–water partition coefficient (Wildman–Crippen LogP) is 2.86. The highest BCUT2D eigenvalue weighted by molar-refractivity contribution is 5.96. The average Bonchev–Trinajstić information content (AvgIpc) is 2.57. The van der Waals surface area contributed by atoms with Crippen molar-refractivity contribution in [3.05, 3.63) is 35.4 Å².